The molecular formula is C11H14O2. The van der Waals surface area contributed by atoms with Gasteiger partial charge in [0.1, 0.15) is 5.75 Å². The highest BCUT2D eigenvalue weighted by Gasteiger charge is 2.09. The molecule has 1 N–H and O–H groups in total. The van der Waals surface area contributed by atoms with Crippen LogP contribution in [-0.4, -0.2) is 12.2 Å². The predicted molar refractivity (Wildman–Crippen MR) is 52.8 cm³/mol. The second kappa shape index (κ2) is 4.67. The number of hydrogen-bond acceptors (Lipinski definition) is 2. The molecule has 1 rings (SSSR count). The van der Waals surface area contributed by atoms with E-state index in [0.29, 0.717) is 6.42 Å². The molecule has 0 fully saturated rings. The molecule has 0 radical (unpaired) electrons. The third-order valence-corrected chi connectivity index (χ3v) is 1.89. The third kappa shape index (κ3) is 2.33. The number of ether oxygens (including phenoxy) is 1. The number of aliphatic hydroxyl groups excluding tert-OH is 1. The lowest BCUT2D eigenvalue weighted by Crippen LogP contribution is -1.98. The molecule has 0 bridgehead atoms. The molecule has 0 aliphatic rings. The second-order valence-electron chi connectivity index (χ2n) is 2.78. The van der Waals surface area contributed by atoms with Gasteiger partial charge in [0.15, 0.2) is 0 Å². The average Bonchev–Trinajstić information content (AvgIpc) is 2.18. The maximum absolute atomic E-state index is 9.68. The molecule has 0 unspecified atom stereocenters. The average molecular weight is 178 g/mol. The van der Waals surface area contributed by atoms with Crippen LogP contribution in [0.4, 0.5) is 0 Å². The number of methoxy groups -OCH3 is 1. The first-order chi connectivity index (χ1) is 6.29. The maximum atomic E-state index is 9.68. The van der Waals surface area contributed by atoms with Crippen molar-refractivity contribution in [2.75, 3.05) is 7.11 Å². The van der Waals surface area contributed by atoms with Crippen LogP contribution < -0.4 is 4.74 Å². The van der Waals surface area contributed by atoms with Gasteiger partial charge in [-0.3, -0.25) is 0 Å². The highest BCUT2D eigenvalue weighted by molar-refractivity contribution is 5.35. The van der Waals surface area contributed by atoms with E-state index in [0.717, 1.165) is 11.3 Å². The van der Waals surface area contributed by atoms with E-state index in [-0.39, 0.29) is 0 Å². The first-order valence-corrected chi connectivity index (χ1v) is 4.21. The van der Waals surface area contributed by atoms with Gasteiger partial charge in [-0.15, -0.1) is 6.58 Å². The summed E-state index contributed by atoms with van der Waals surface area (Å²) >= 11 is 0. The lowest BCUT2D eigenvalue weighted by Gasteiger charge is -2.12. The van der Waals surface area contributed by atoms with Crippen molar-refractivity contribution in [3.63, 3.8) is 0 Å². The fourth-order valence-electron chi connectivity index (χ4n) is 1.23. The Morgan fingerprint density at radius 3 is 2.85 bits per heavy atom. The lowest BCUT2D eigenvalue weighted by molar-refractivity contribution is 0.177. The Balaban J connectivity index is 2.91. The van der Waals surface area contributed by atoms with Crippen molar-refractivity contribution in [1.29, 1.82) is 0 Å². The van der Waals surface area contributed by atoms with Crippen molar-refractivity contribution < 1.29 is 9.84 Å². The van der Waals surface area contributed by atoms with E-state index >= 15 is 0 Å². The SMILES string of the molecule is C=CC[C@@H](O)c1ccccc1OC. The molecule has 1 atom stereocenters. The van der Waals surface area contributed by atoms with Gasteiger partial charge in [0.25, 0.3) is 0 Å². The lowest BCUT2D eigenvalue weighted by atomic mass is 10.1. The predicted octanol–water partition coefficient (Wildman–Crippen LogP) is 2.30. The van der Waals surface area contributed by atoms with Crippen molar-refractivity contribution in [3.05, 3.63) is 42.5 Å². The van der Waals surface area contributed by atoms with Crippen molar-refractivity contribution in [2.45, 2.75) is 12.5 Å². The fourth-order valence-corrected chi connectivity index (χ4v) is 1.23. The zero-order chi connectivity index (χ0) is 9.68. The van der Waals surface area contributed by atoms with E-state index in [1.54, 1.807) is 13.2 Å². The maximum Gasteiger partial charge on any atom is 0.124 e. The Morgan fingerprint density at radius 1 is 1.54 bits per heavy atom. The van der Waals surface area contributed by atoms with Gasteiger partial charge in [-0.05, 0) is 12.5 Å². The number of hydrogen-bond donors (Lipinski definition) is 1. The minimum absolute atomic E-state index is 0.520. The molecule has 0 aromatic heterocycles. The van der Waals surface area contributed by atoms with Crippen LogP contribution in [0.3, 0.4) is 0 Å². The first kappa shape index (κ1) is 9.81. The highest BCUT2D eigenvalue weighted by atomic mass is 16.5. The summed E-state index contributed by atoms with van der Waals surface area (Å²) in [5.74, 6) is 0.719. The van der Waals surface area contributed by atoms with Crippen molar-refractivity contribution >= 4 is 0 Å². The number of rotatable bonds is 4. The minimum atomic E-state index is -0.520. The van der Waals surface area contributed by atoms with Gasteiger partial charge in [-0.1, -0.05) is 24.3 Å². The first-order valence-electron chi connectivity index (χ1n) is 4.21. The summed E-state index contributed by atoms with van der Waals surface area (Å²) in [5, 5.41) is 9.68. The summed E-state index contributed by atoms with van der Waals surface area (Å²) in [6, 6.07) is 7.45. The van der Waals surface area contributed by atoms with Crippen LogP contribution in [0.5, 0.6) is 5.75 Å². The van der Waals surface area contributed by atoms with Gasteiger partial charge in [-0.25, -0.2) is 0 Å². The van der Waals surface area contributed by atoms with Crippen LogP contribution in [-0.2, 0) is 0 Å². The number of para-hydroxylation sites is 1. The van der Waals surface area contributed by atoms with E-state index in [4.69, 9.17) is 4.74 Å². The smallest absolute Gasteiger partial charge is 0.124 e. The molecule has 0 saturated heterocycles. The van der Waals surface area contributed by atoms with E-state index in [1.807, 2.05) is 24.3 Å². The molecule has 2 nitrogen and oxygen atoms in total. The molecule has 1 aromatic rings. The van der Waals surface area contributed by atoms with Crippen LogP contribution in [0.25, 0.3) is 0 Å². The molecule has 0 aliphatic heterocycles. The van der Waals surface area contributed by atoms with Crippen molar-refractivity contribution in [3.8, 4) is 5.75 Å². The Kier molecular flexibility index (Phi) is 3.53. The zero-order valence-electron chi connectivity index (χ0n) is 7.73. The second-order valence-corrected chi connectivity index (χ2v) is 2.78. The van der Waals surface area contributed by atoms with Gasteiger partial charge in [0, 0.05) is 5.56 Å². The van der Waals surface area contributed by atoms with E-state index in [2.05, 4.69) is 6.58 Å². The molecule has 2 heteroatoms. The Morgan fingerprint density at radius 2 is 2.23 bits per heavy atom. The van der Waals surface area contributed by atoms with E-state index < -0.39 is 6.10 Å². The van der Waals surface area contributed by atoms with Gasteiger partial charge < -0.3 is 9.84 Å². The summed E-state index contributed by atoms with van der Waals surface area (Å²) in [4.78, 5) is 0. The van der Waals surface area contributed by atoms with Gasteiger partial charge in [0.05, 0.1) is 13.2 Å². The molecule has 70 valence electrons. The monoisotopic (exact) mass is 178 g/mol. The normalized spacial score (nSPS) is 12.2. The summed E-state index contributed by atoms with van der Waals surface area (Å²) in [6.07, 6.45) is 1.71. The van der Waals surface area contributed by atoms with Gasteiger partial charge in [-0.2, -0.15) is 0 Å². The van der Waals surface area contributed by atoms with Crippen LogP contribution in [0.2, 0.25) is 0 Å². The van der Waals surface area contributed by atoms with Crippen LogP contribution in [0.15, 0.2) is 36.9 Å². The van der Waals surface area contributed by atoms with Crippen molar-refractivity contribution in [1.82, 2.24) is 0 Å². The summed E-state index contributed by atoms with van der Waals surface area (Å²) < 4.78 is 5.12. The van der Waals surface area contributed by atoms with Gasteiger partial charge >= 0.3 is 0 Å². The molecule has 0 amide bonds. The Labute approximate surface area is 78.5 Å². The summed E-state index contributed by atoms with van der Waals surface area (Å²) in [6.45, 7) is 3.58. The molecule has 1 aromatic carbocycles. The minimum Gasteiger partial charge on any atom is -0.496 e. The van der Waals surface area contributed by atoms with E-state index in [1.165, 1.54) is 0 Å². The standard InChI is InChI=1S/C11H14O2/c1-3-6-10(12)9-7-4-5-8-11(9)13-2/h3-5,7-8,10,12H,1,6H2,2H3/t10-/m1/s1. The van der Waals surface area contributed by atoms with E-state index in [9.17, 15) is 5.11 Å². The molecule has 0 heterocycles. The van der Waals surface area contributed by atoms with Crippen LogP contribution in [0, 0.1) is 0 Å². The molecule has 13 heavy (non-hydrogen) atoms. The molecule has 0 aliphatic carbocycles. The van der Waals surface area contributed by atoms with Crippen LogP contribution >= 0.6 is 0 Å². The van der Waals surface area contributed by atoms with Crippen LogP contribution in [0.1, 0.15) is 18.1 Å². The third-order valence-electron chi connectivity index (χ3n) is 1.89. The Bertz CT molecular complexity index is 281. The summed E-state index contributed by atoms with van der Waals surface area (Å²) in [7, 11) is 1.60. The molecule has 0 spiro atoms. The summed E-state index contributed by atoms with van der Waals surface area (Å²) in [5.41, 5.74) is 0.810. The number of aliphatic hydroxyl groups is 1. The quantitative estimate of drug-likeness (QED) is 0.717. The fraction of sp³-hybridized carbons (Fsp3) is 0.273. The largest absolute Gasteiger partial charge is 0.496 e. The topological polar surface area (TPSA) is 29.5 Å². The molecular weight excluding hydrogens is 164 g/mol. The number of benzene rings is 1. The van der Waals surface area contributed by atoms with Crippen molar-refractivity contribution in [2.24, 2.45) is 0 Å². The molecule has 0 saturated carbocycles. The highest BCUT2D eigenvalue weighted by Crippen LogP contribution is 2.26. The zero-order valence-corrected chi connectivity index (χ0v) is 7.73. The Hall–Kier alpha value is -1.28. The van der Waals surface area contributed by atoms with Gasteiger partial charge in [0.2, 0.25) is 0 Å².